The van der Waals surface area contributed by atoms with E-state index in [0.717, 1.165) is 5.04 Å². The summed E-state index contributed by atoms with van der Waals surface area (Å²) >= 11 is 7.36. The lowest BCUT2D eigenvalue weighted by atomic mass is 10.1. The quantitative estimate of drug-likeness (QED) is 0.425. The van der Waals surface area contributed by atoms with Gasteiger partial charge in [-0.05, 0) is 61.5 Å². The lowest BCUT2D eigenvalue weighted by molar-refractivity contribution is -0.114. The first-order valence-corrected chi connectivity index (χ1v) is 11.4. The van der Waals surface area contributed by atoms with Gasteiger partial charge in [-0.2, -0.15) is 15.1 Å². The molecule has 0 saturated carbocycles. The Morgan fingerprint density at radius 2 is 1.85 bits per heavy atom. The van der Waals surface area contributed by atoms with E-state index in [4.69, 9.17) is 31.2 Å². The van der Waals surface area contributed by atoms with Crippen LogP contribution in [-0.4, -0.2) is 46.8 Å². The van der Waals surface area contributed by atoms with E-state index in [1.54, 1.807) is 43.3 Å². The van der Waals surface area contributed by atoms with E-state index in [1.165, 1.54) is 16.8 Å². The van der Waals surface area contributed by atoms with Crippen molar-refractivity contribution in [3.05, 3.63) is 58.6 Å². The zero-order chi connectivity index (χ0) is 23.4. The molecule has 0 atom stereocenters. The number of amidine groups is 2. The molecule has 0 spiro atoms. The third-order valence-electron chi connectivity index (χ3n) is 4.57. The molecule has 0 radical (unpaired) electrons. The highest BCUT2D eigenvalue weighted by atomic mass is 35.5. The van der Waals surface area contributed by atoms with Gasteiger partial charge in [-0.3, -0.25) is 10.2 Å². The molecule has 1 N–H and O–H groups in total. The summed E-state index contributed by atoms with van der Waals surface area (Å²) in [5.74, 6) is 1.18. The smallest absolute Gasteiger partial charge is 0.283 e. The number of benzene rings is 2. The predicted molar refractivity (Wildman–Crippen MR) is 131 cm³/mol. The molecule has 0 bridgehead atoms. The maximum atomic E-state index is 12.5. The first-order valence-electron chi connectivity index (χ1n) is 10.2. The van der Waals surface area contributed by atoms with Crippen LogP contribution in [0.4, 0.5) is 0 Å². The number of nitrogens with zero attached hydrogens (tertiary/aromatic N) is 3. The zero-order valence-electron chi connectivity index (χ0n) is 18.0. The third-order valence-corrected chi connectivity index (χ3v) is 5.71. The molecule has 170 valence electrons. The predicted octanol–water partition coefficient (Wildman–Crippen LogP) is 4.84. The van der Waals surface area contributed by atoms with Crippen LogP contribution in [0.25, 0.3) is 6.08 Å². The van der Waals surface area contributed by atoms with Gasteiger partial charge in [0.05, 0.1) is 22.2 Å². The first kappa shape index (κ1) is 22.9. The van der Waals surface area contributed by atoms with E-state index in [0.29, 0.717) is 46.2 Å². The van der Waals surface area contributed by atoms with Gasteiger partial charge in [-0.25, -0.2) is 0 Å². The fourth-order valence-corrected chi connectivity index (χ4v) is 4.05. The highest BCUT2D eigenvalue weighted by Crippen LogP contribution is 2.32. The molecule has 2 aliphatic heterocycles. The lowest BCUT2D eigenvalue weighted by Gasteiger charge is -2.20. The molecule has 2 heterocycles. The van der Waals surface area contributed by atoms with E-state index in [-0.39, 0.29) is 18.0 Å². The number of carbonyl (C=O) groups excluding carboxylic acids is 1. The molecule has 10 heteroatoms. The standard InChI is InChI=1S/C23H21ClN4O4S/c1-3-30-20-13-15(12-16-21(25)28-23(26-22(16)29)33-14(2)27-28)8-9-19(20)32-11-10-31-18-7-5-4-6-17(18)24/h4-9,12-13,25H,3,10-11H2,1-2H3. The Bertz CT molecular complexity index is 1190. The summed E-state index contributed by atoms with van der Waals surface area (Å²) in [5, 5.41) is 15.7. The van der Waals surface area contributed by atoms with E-state index in [1.807, 2.05) is 19.1 Å². The van der Waals surface area contributed by atoms with Crippen molar-refractivity contribution in [3.8, 4) is 17.2 Å². The van der Waals surface area contributed by atoms with Crippen molar-refractivity contribution in [3.63, 3.8) is 0 Å². The minimum Gasteiger partial charge on any atom is -0.490 e. The van der Waals surface area contributed by atoms with Gasteiger partial charge in [0.25, 0.3) is 5.91 Å². The topological polar surface area (TPSA) is 96.6 Å². The largest absolute Gasteiger partial charge is 0.490 e. The summed E-state index contributed by atoms with van der Waals surface area (Å²) in [6, 6.07) is 12.5. The fraction of sp³-hybridized carbons (Fsp3) is 0.217. The van der Waals surface area contributed by atoms with Gasteiger partial charge >= 0.3 is 0 Å². The van der Waals surface area contributed by atoms with Gasteiger partial charge < -0.3 is 14.2 Å². The minimum absolute atomic E-state index is 0.00985. The molecule has 2 aromatic rings. The van der Waals surface area contributed by atoms with Crippen LogP contribution in [0.5, 0.6) is 17.2 Å². The van der Waals surface area contributed by atoms with Crippen LogP contribution in [0.15, 0.2) is 58.1 Å². The number of halogens is 1. The summed E-state index contributed by atoms with van der Waals surface area (Å²) < 4.78 is 17.2. The van der Waals surface area contributed by atoms with Gasteiger partial charge in [0.15, 0.2) is 17.3 Å². The maximum Gasteiger partial charge on any atom is 0.283 e. The van der Waals surface area contributed by atoms with Crippen LogP contribution >= 0.6 is 23.4 Å². The summed E-state index contributed by atoms with van der Waals surface area (Å²) in [6.45, 7) is 4.71. The Morgan fingerprint density at radius 1 is 1.09 bits per heavy atom. The summed E-state index contributed by atoms with van der Waals surface area (Å²) in [5.41, 5.74) is 0.833. The molecule has 0 aliphatic carbocycles. The lowest BCUT2D eigenvalue weighted by Crippen LogP contribution is -2.35. The van der Waals surface area contributed by atoms with Crippen molar-refractivity contribution < 1.29 is 19.0 Å². The number of thioether (sulfide) groups is 1. The van der Waals surface area contributed by atoms with E-state index in [2.05, 4.69) is 10.1 Å². The van der Waals surface area contributed by atoms with Gasteiger partial charge in [-0.15, -0.1) is 0 Å². The van der Waals surface area contributed by atoms with Crippen molar-refractivity contribution in [2.75, 3.05) is 19.8 Å². The highest BCUT2D eigenvalue weighted by molar-refractivity contribution is 8.26. The molecule has 4 rings (SSSR count). The number of rotatable bonds is 8. The minimum atomic E-state index is -0.473. The average Bonchev–Trinajstić information content (AvgIpc) is 3.17. The van der Waals surface area contributed by atoms with Crippen LogP contribution in [0.3, 0.4) is 0 Å². The molecular weight excluding hydrogens is 464 g/mol. The molecule has 2 aromatic carbocycles. The van der Waals surface area contributed by atoms with Crippen molar-refractivity contribution in [2.24, 2.45) is 10.1 Å². The van der Waals surface area contributed by atoms with Crippen LogP contribution in [-0.2, 0) is 4.79 Å². The second-order valence-corrected chi connectivity index (χ2v) is 8.47. The number of nitrogens with one attached hydrogen (secondary N) is 1. The Labute approximate surface area is 200 Å². The first-order chi connectivity index (χ1) is 16.0. The summed E-state index contributed by atoms with van der Waals surface area (Å²) in [6.07, 6.45) is 1.60. The van der Waals surface area contributed by atoms with E-state index < -0.39 is 5.91 Å². The maximum absolute atomic E-state index is 12.5. The van der Waals surface area contributed by atoms with Crippen molar-refractivity contribution in [1.82, 2.24) is 5.01 Å². The number of hydrazone groups is 1. The normalized spacial score (nSPS) is 16.5. The van der Waals surface area contributed by atoms with Crippen molar-refractivity contribution in [2.45, 2.75) is 13.8 Å². The Morgan fingerprint density at radius 3 is 2.61 bits per heavy atom. The number of hydrogen-bond donors (Lipinski definition) is 1. The number of aliphatic imine (C=N–C) groups is 1. The Hall–Kier alpha value is -3.30. The van der Waals surface area contributed by atoms with Gasteiger partial charge in [0.1, 0.15) is 19.0 Å². The molecule has 0 unspecified atom stereocenters. The number of amides is 1. The molecular formula is C23H21ClN4O4S. The Kier molecular flexibility index (Phi) is 7.00. The number of hydrogen-bond acceptors (Lipinski definition) is 7. The number of para-hydroxylation sites is 1. The molecule has 1 amide bonds. The van der Waals surface area contributed by atoms with Crippen LogP contribution in [0, 0.1) is 5.41 Å². The molecule has 8 nitrogen and oxygen atoms in total. The number of fused-ring (bicyclic) bond motifs is 1. The highest BCUT2D eigenvalue weighted by Gasteiger charge is 2.34. The van der Waals surface area contributed by atoms with E-state index in [9.17, 15) is 4.79 Å². The zero-order valence-corrected chi connectivity index (χ0v) is 19.6. The van der Waals surface area contributed by atoms with Gasteiger partial charge in [0, 0.05) is 0 Å². The van der Waals surface area contributed by atoms with Gasteiger partial charge in [-0.1, -0.05) is 29.8 Å². The second kappa shape index (κ2) is 10.1. The van der Waals surface area contributed by atoms with Crippen LogP contribution < -0.4 is 14.2 Å². The molecule has 0 aromatic heterocycles. The van der Waals surface area contributed by atoms with Crippen LogP contribution in [0.1, 0.15) is 19.4 Å². The Balaban J connectivity index is 1.47. The average molecular weight is 485 g/mol. The van der Waals surface area contributed by atoms with Crippen molar-refractivity contribution in [1.29, 1.82) is 5.41 Å². The molecule has 0 saturated heterocycles. The van der Waals surface area contributed by atoms with Gasteiger partial charge in [0.2, 0.25) is 5.17 Å². The monoisotopic (exact) mass is 484 g/mol. The number of carbonyl (C=O) groups is 1. The third kappa shape index (κ3) is 5.20. The second-order valence-electron chi connectivity index (χ2n) is 6.91. The van der Waals surface area contributed by atoms with Crippen molar-refractivity contribution >= 4 is 51.4 Å². The SMILES string of the molecule is CCOc1cc(C=C2C(=N)N3N=C(C)SC3=NC2=O)ccc1OCCOc1ccccc1Cl. The fourth-order valence-electron chi connectivity index (χ4n) is 3.12. The van der Waals surface area contributed by atoms with Crippen LogP contribution in [0.2, 0.25) is 5.02 Å². The molecule has 0 fully saturated rings. The summed E-state index contributed by atoms with van der Waals surface area (Å²) in [4.78, 5) is 16.5. The van der Waals surface area contributed by atoms with E-state index >= 15 is 0 Å². The molecule has 33 heavy (non-hydrogen) atoms. The number of ether oxygens (including phenoxy) is 3. The molecule has 2 aliphatic rings. The summed E-state index contributed by atoms with van der Waals surface area (Å²) in [7, 11) is 0.